The normalized spacial score (nSPS) is 27.7. The number of hydrogen-bond acceptors (Lipinski definition) is 5. The first-order chi connectivity index (χ1) is 20.3. The monoisotopic (exact) mass is 653 g/mol. The van der Waals surface area contributed by atoms with Crippen molar-refractivity contribution >= 4 is 61.9 Å². The van der Waals surface area contributed by atoms with Crippen molar-refractivity contribution in [1.29, 1.82) is 0 Å². The molecule has 0 aliphatic carbocycles. The lowest BCUT2D eigenvalue weighted by Crippen LogP contribution is -2.56. The van der Waals surface area contributed by atoms with Gasteiger partial charge in [0.25, 0.3) is 5.91 Å². The third-order valence-corrected chi connectivity index (χ3v) is 12.2. The molecule has 42 heavy (non-hydrogen) atoms. The van der Waals surface area contributed by atoms with Gasteiger partial charge in [-0.05, 0) is 42.2 Å². The highest BCUT2D eigenvalue weighted by atomic mass is 79.9. The average molecular weight is 655 g/mol. The van der Waals surface area contributed by atoms with Gasteiger partial charge in [-0.3, -0.25) is 14.4 Å². The van der Waals surface area contributed by atoms with Crippen molar-refractivity contribution in [1.82, 2.24) is 9.80 Å². The number of anilines is 1. The van der Waals surface area contributed by atoms with Gasteiger partial charge in [0, 0.05) is 49.1 Å². The van der Waals surface area contributed by atoms with Crippen LogP contribution in [0.25, 0.3) is 10.8 Å². The third-order valence-electron chi connectivity index (χ3n) is 9.02. The third kappa shape index (κ3) is 5.33. The molecule has 3 heterocycles. The zero-order valence-corrected chi connectivity index (χ0v) is 26.6. The lowest BCUT2D eigenvalue weighted by Gasteiger charge is -2.38. The Morgan fingerprint density at radius 1 is 1.07 bits per heavy atom. The van der Waals surface area contributed by atoms with E-state index in [1.165, 1.54) is 0 Å². The van der Waals surface area contributed by atoms with Crippen LogP contribution in [0.3, 0.4) is 0 Å². The van der Waals surface area contributed by atoms with Crippen LogP contribution in [0, 0.1) is 11.8 Å². The van der Waals surface area contributed by atoms with E-state index in [0.29, 0.717) is 32.5 Å². The smallest absolute Gasteiger partial charge is 0.251 e. The van der Waals surface area contributed by atoms with E-state index < -0.39 is 22.6 Å². The van der Waals surface area contributed by atoms with Crippen LogP contribution in [0.15, 0.2) is 67.8 Å². The molecule has 2 aromatic rings. The first kappa shape index (κ1) is 30.8. The summed E-state index contributed by atoms with van der Waals surface area (Å²) in [6.07, 6.45) is 7.22. The van der Waals surface area contributed by atoms with Crippen LogP contribution in [-0.2, 0) is 14.4 Å². The Morgan fingerprint density at radius 3 is 2.50 bits per heavy atom. The summed E-state index contributed by atoms with van der Waals surface area (Å²) < 4.78 is -0.705. The van der Waals surface area contributed by atoms with Gasteiger partial charge in [-0.2, -0.15) is 0 Å². The highest BCUT2D eigenvalue weighted by molar-refractivity contribution is 9.09. The van der Waals surface area contributed by atoms with Crippen LogP contribution in [0.5, 0.6) is 0 Å². The van der Waals surface area contributed by atoms with Gasteiger partial charge in [0.05, 0.1) is 16.6 Å². The fourth-order valence-corrected chi connectivity index (χ4v) is 10.8. The number of thioether (sulfide) groups is 1. The molecule has 2 bridgehead atoms. The van der Waals surface area contributed by atoms with Crippen molar-refractivity contribution in [3.05, 3.63) is 67.8 Å². The van der Waals surface area contributed by atoms with Gasteiger partial charge in [0.15, 0.2) is 0 Å². The van der Waals surface area contributed by atoms with Crippen LogP contribution in [0.2, 0.25) is 0 Å². The summed E-state index contributed by atoms with van der Waals surface area (Å²) in [6.45, 7) is 9.02. The molecule has 3 fully saturated rings. The number of carbonyl (C=O) groups excluding carboxylic acids is 3. The second kappa shape index (κ2) is 12.9. The molecular weight excluding hydrogens is 614 g/mol. The van der Waals surface area contributed by atoms with Crippen LogP contribution < -0.4 is 4.90 Å². The van der Waals surface area contributed by atoms with Crippen molar-refractivity contribution in [3.8, 4) is 0 Å². The summed E-state index contributed by atoms with van der Waals surface area (Å²) in [6, 6.07) is 13.3. The van der Waals surface area contributed by atoms with E-state index in [9.17, 15) is 19.5 Å². The zero-order valence-electron chi connectivity index (χ0n) is 24.2. The molecular formula is C33H40BrN3O4S. The lowest BCUT2D eigenvalue weighted by atomic mass is 9.70. The largest absolute Gasteiger partial charge is 0.396 e. The summed E-state index contributed by atoms with van der Waals surface area (Å²) in [7, 11) is 1.75. The van der Waals surface area contributed by atoms with E-state index in [4.69, 9.17) is 0 Å². The van der Waals surface area contributed by atoms with Gasteiger partial charge >= 0.3 is 0 Å². The maximum atomic E-state index is 14.8. The SMILES string of the molecule is C=CCN(C)C(=O)[C@H]1[C@@H]2SC3(CC2Br)C(C(=O)N(CC=C)c2ccc4ccccc4c2)N(CCCCCCO)C(=O)[C@H]13. The Bertz CT molecular complexity index is 1370. The second-order valence-electron chi connectivity index (χ2n) is 11.6. The van der Waals surface area contributed by atoms with E-state index in [1.807, 2.05) is 42.5 Å². The number of halogens is 1. The molecule has 3 unspecified atom stereocenters. The van der Waals surface area contributed by atoms with E-state index in [2.05, 4.69) is 29.1 Å². The van der Waals surface area contributed by atoms with E-state index >= 15 is 0 Å². The molecule has 3 aliphatic heterocycles. The van der Waals surface area contributed by atoms with Gasteiger partial charge < -0.3 is 19.8 Å². The highest BCUT2D eigenvalue weighted by Gasteiger charge is 2.75. The highest BCUT2D eigenvalue weighted by Crippen LogP contribution is 2.68. The molecule has 1 N–H and O–H groups in total. The summed E-state index contributed by atoms with van der Waals surface area (Å²) in [5, 5.41) is 11.2. The molecule has 7 nitrogen and oxygen atoms in total. The summed E-state index contributed by atoms with van der Waals surface area (Å²) >= 11 is 5.52. The summed E-state index contributed by atoms with van der Waals surface area (Å²) in [4.78, 5) is 48.2. The molecule has 0 aromatic heterocycles. The van der Waals surface area contributed by atoms with Crippen LogP contribution >= 0.6 is 27.7 Å². The van der Waals surface area contributed by atoms with E-state index in [-0.39, 0.29) is 34.4 Å². The fraction of sp³-hybridized carbons (Fsp3) is 0.485. The number of hydrogen-bond donors (Lipinski definition) is 1. The molecule has 0 saturated carbocycles. The fourth-order valence-electron chi connectivity index (χ4n) is 7.16. The van der Waals surface area contributed by atoms with Gasteiger partial charge in [0.2, 0.25) is 11.8 Å². The maximum Gasteiger partial charge on any atom is 0.251 e. The molecule has 3 amide bonds. The van der Waals surface area contributed by atoms with Crippen LogP contribution in [0.1, 0.15) is 32.1 Å². The number of amides is 3. The predicted octanol–water partition coefficient (Wildman–Crippen LogP) is 5.02. The molecule has 2 aromatic carbocycles. The number of rotatable bonds is 13. The number of nitrogens with zero attached hydrogens (tertiary/aromatic N) is 3. The Morgan fingerprint density at radius 2 is 1.79 bits per heavy atom. The van der Waals surface area contributed by atoms with Crippen molar-refractivity contribution in [2.45, 2.75) is 53.0 Å². The minimum Gasteiger partial charge on any atom is -0.396 e. The minimum atomic E-state index is -0.705. The van der Waals surface area contributed by atoms with Gasteiger partial charge in [-0.1, -0.05) is 71.3 Å². The number of aliphatic hydroxyl groups excluding tert-OH is 1. The van der Waals surface area contributed by atoms with Crippen LogP contribution in [-0.4, -0.2) is 86.8 Å². The Hall–Kier alpha value is -2.62. The number of carbonyl (C=O) groups is 3. The number of fused-ring (bicyclic) bond motifs is 2. The zero-order chi connectivity index (χ0) is 30.0. The molecule has 9 heteroatoms. The van der Waals surface area contributed by atoms with Crippen molar-refractivity contribution < 1.29 is 19.5 Å². The molecule has 5 rings (SSSR count). The van der Waals surface area contributed by atoms with Crippen molar-refractivity contribution in [2.24, 2.45) is 11.8 Å². The standard InChI is InChI=1S/C33H40BrN3O4S/c1-4-16-35(3)30(39)26-27-31(40)37(18-10-6-7-11-19-38)29(33(27)21-25(34)28(26)42-33)32(41)36(17-5-2)24-15-14-22-12-8-9-13-23(22)20-24/h4-5,8-9,12-15,20,25-29,38H,1-2,6-7,10-11,16-19,21H2,3H3/t25?,26-,27+,28-,29?,33?/m1/s1. The Balaban J connectivity index is 1.54. The van der Waals surface area contributed by atoms with Gasteiger partial charge in [0.1, 0.15) is 6.04 Å². The number of benzene rings is 2. The van der Waals surface area contributed by atoms with Gasteiger partial charge in [-0.25, -0.2) is 0 Å². The summed E-state index contributed by atoms with van der Waals surface area (Å²) in [5.74, 6) is -1.35. The molecule has 1 spiro atoms. The molecule has 3 aliphatic rings. The average Bonchev–Trinajstić information content (AvgIpc) is 3.58. The van der Waals surface area contributed by atoms with Crippen molar-refractivity contribution in [2.75, 3.05) is 38.2 Å². The number of likely N-dealkylation sites (tertiary alicyclic amines) is 1. The lowest BCUT2D eigenvalue weighted by molar-refractivity contribution is -0.143. The Labute approximate surface area is 261 Å². The van der Waals surface area contributed by atoms with E-state index in [0.717, 1.165) is 35.7 Å². The molecule has 224 valence electrons. The van der Waals surface area contributed by atoms with Gasteiger partial charge in [-0.15, -0.1) is 24.9 Å². The molecule has 0 radical (unpaired) electrons. The first-order valence-corrected chi connectivity index (χ1v) is 16.6. The quantitative estimate of drug-likeness (QED) is 0.187. The number of aliphatic hydroxyl groups is 1. The second-order valence-corrected chi connectivity index (χ2v) is 14.3. The van der Waals surface area contributed by atoms with Crippen molar-refractivity contribution in [3.63, 3.8) is 0 Å². The minimum absolute atomic E-state index is 0.0194. The number of unbranched alkanes of at least 4 members (excludes halogenated alkanes) is 3. The number of alkyl halides is 1. The maximum absolute atomic E-state index is 14.8. The topological polar surface area (TPSA) is 81.2 Å². The Kier molecular flexibility index (Phi) is 9.50. The summed E-state index contributed by atoms with van der Waals surface area (Å²) in [5.41, 5.74) is 0.764. The molecule has 6 atom stereocenters. The predicted molar refractivity (Wildman–Crippen MR) is 174 cm³/mol. The first-order valence-electron chi connectivity index (χ1n) is 14.8. The molecule has 3 saturated heterocycles. The number of likely N-dealkylation sites (N-methyl/N-ethyl adjacent to an activating group) is 1. The van der Waals surface area contributed by atoms with Crippen LogP contribution in [0.4, 0.5) is 5.69 Å². The van der Waals surface area contributed by atoms with E-state index in [1.54, 1.807) is 45.7 Å².